The van der Waals surface area contributed by atoms with Crippen molar-refractivity contribution in [3.05, 3.63) is 69.8 Å². The molecule has 182 valence electrons. The van der Waals surface area contributed by atoms with Gasteiger partial charge in [-0.25, -0.2) is 4.98 Å². The zero-order valence-corrected chi connectivity index (χ0v) is 19.7. The summed E-state index contributed by atoms with van der Waals surface area (Å²) in [5.41, 5.74) is 1.67. The second kappa shape index (κ2) is 10.4. The van der Waals surface area contributed by atoms with Crippen molar-refractivity contribution in [2.45, 2.75) is 57.6 Å². The van der Waals surface area contributed by atoms with Crippen LogP contribution in [-0.4, -0.2) is 40.6 Å². The number of amides is 2. The van der Waals surface area contributed by atoms with Gasteiger partial charge in [-0.3, -0.25) is 19.0 Å². The summed E-state index contributed by atoms with van der Waals surface area (Å²) in [7, 11) is 0. The Morgan fingerprint density at radius 2 is 1.89 bits per heavy atom. The van der Waals surface area contributed by atoms with E-state index in [1.807, 2.05) is 0 Å². The topological polar surface area (TPSA) is 102 Å². The van der Waals surface area contributed by atoms with Gasteiger partial charge in [-0.2, -0.15) is 0 Å². The van der Waals surface area contributed by atoms with Gasteiger partial charge in [-0.05, 0) is 56.0 Å². The molecule has 2 aliphatic rings. The number of carbonyl (C=O) groups is 2. The van der Waals surface area contributed by atoms with Crippen LogP contribution in [0.2, 0.25) is 0 Å². The second-order valence-electron chi connectivity index (χ2n) is 9.23. The summed E-state index contributed by atoms with van der Waals surface area (Å²) in [5, 5.41) is 6.27. The molecule has 0 aliphatic carbocycles. The van der Waals surface area contributed by atoms with Crippen LogP contribution in [0.15, 0.2) is 47.3 Å². The molecule has 2 amide bonds. The number of benzene rings is 2. The van der Waals surface area contributed by atoms with Crippen LogP contribution < -0.4 is 16.2 Å². The van der Waals surface area contributed by atoms with Crippen LogP contribution in [0, 0.1) is 0 Å². The molecule has 2 N–H and O–H groups in total. The van der Waals surface area contributed by atoms with Gasteiger partial charge in [-0.1, -0.05) is 25.0 Å². The minimum absolute atomic E-state index is 0.0364. The van der Waals surface area contributed by atoms with Crippen molar-refractivity contribution in [3.63, 3.8) is 0 Å². The molecule has 0 spiro atoms. The van der Waals surface area contributed by atoms with E-state index in [4.69, 9.17) is 9.72 Å². The predicted molar refractivity (Wildman–Crippen MR) is 134 cm³/mol. The first-order chi connectivity index (χ1) is 17.1. The third-order valence-corrected chi connectivity index (χ3v) is 6.76. The highest BCUT2D eigenvalue weighted by atomic mass is 16.5. The third-order valence-electron chi connectivity index (χ3n) is 6.76. The zero-order chi connectivity index (χ0) is 24.2. The molecule has 3 heterocycles. The minimum Gasteiger partial charge on any atom is -0.376 e. The van der Waals surface area contributed by atoms with Crippen LogP contribution in [0.5, 0.6) is 0 Å². The van der Waals surface area contributed by atoms with Crippen molar-refractivity contribution in [2.24, 2.45) is 0 Å². The smallest absolute Gasteiger partial charge is 0.261 e. The number of carbonyl (C=O) groups excluding carboxylic acids is 2. The largest absolute Gasteiger partial charge is 0.376 e. The summed E-state index contributed by atoms with van der Waals surface area (Å²) in [6.07, 6.45) is 6.97. The SMILES string of the molecule is O=C(Nc1ccccc1C(=O)NCC1CCCO1)c1ccc2c(=O)n3c(nc2c1)CCCCCC3. The number of aryl methyl sites for hydroxylation is 1. The second-order valence-corrected chi connectivity index (χ2v) is 9.23. The molecule has 0 bridgehead atoms. The van der Waals surface area contributed by atoms with E-state index in [-0.39, 0.29) is 23.5 Å². The van der Waals surface area contributed by atoms with Crippen molar-refractivity contribution < 1.29 is 14.3 Å². The van der Waals surface area contributed by atoms with E-state index in [1.165, 1.54) is 0 Å². The number of hydrogen-bond donors (Lipinski definition) is 2. The van der Waals surface area contributed by atoms with Crippen LogP contribution >= 0.6 is 0 Å². The number of anilines is 1. The normalized spacial score (nSPS) is 17.9. The summed E-state index contributed by atoms with van der Waals surface area (Å²) in [6.45, 7) is 1.85. The molecule has 8 heteroatoms. The lowest BCUT2D eigenvalue weighted by Gasteiger charge is -2.16. The summed E-state index contributed by atoms with van der Waals surface area (Å²) in [6, 6.07) is 11.9. The lowest BCUT2D eigenvalue weighted by molar-refractivity contribution is 0.0858. The average molecular weight is 475 g/mol. The Bertz CT molecular complexity index is 1310. The maximum absolute atomic E-state index is 13.1. The molecular formula is C27H30N4O4. The van der Waals surface area contributed by atoms with Crippen LogP contribution in [0.25, 0.3) is 10.9 Å². The lowest BCUT2D eigenvalue weighted by atomic mass is 10.1. The molecule has 1 unspecified atom stereocenters. The van der Waals surface area contributed by atoms with Crippen molar-refractivity contribution in [3.8, 4) is 0 Å². The highest BCUT2D eigenvalue weighted by Gasteiger charge is 2.19. The molecule has 1 saturated heterocycles. The summed E-state index contributed by atoms with van der Waals surface area (Å²) in [4.78, 5) is 43.7. The van der Waals surface area contributed by atoms with Gasteiger partial charge in [0.05, 0.1) is 28.3 Å². The number of hydrogen-bond acceptors (Lipinski definition) is 5. The molecule has 1 atom stereocenters. The first kappa shape index (κ1) is 23.2. The molecule has 5 rings (SSSR count). The van der Waals surface area contributed by atoms with Gasteiger partial charge in [0.1, 0.15) is 5.82 Å². The van der Waals surface area contributed by atoms with Gasteiger partial charge in [0.25, 0.3) is 17.4 Å². The summed E-state index contributed by atoms with van der Waals surface area (Å²) in [5.74, 6) is 0.163. The van der Waals surface area contributed by atoms with E-state index in [0.717, 1.165) is 57.4 Å². The molecule has 3 aromatic rings. The minimum atomic E-state index is -0.361. The maximum Gasteiger partial charge on any atom is 0.261 e. The standard InChI is InChI=1S/C27H30N4O4/c32-25(30-22-10-5-4-9-20(22)26(33)28-17-19-8-7-15-35-19)18-12-13-21-23(16-18)29-24-11-3-1-2-6-14-31(24)27(21)34/h4-5,9-10,12-13,16,19H,1-3,6-8,11,14-15,17H2,(H,28,33)(H,30,32). The molecule has 1 fully saturated rings. The Labute approximate surface area is 203 Å². The molecule has 1 aromatic heterocycles. The predicted octanol–water partition coefficient (Wildman–Crippen LogP) is 3.67. The number of nitrogens with zero attached hydrogens (tertiary/aromatic N) is 2. The number of nitrogens with one attached hydrogen (secondary N) is 2. The lowest BCUT2D eigenvalue weighted by Crippen LogP contribution is -2.32. The number of rotatable bonds is 5. The zero-order valence-electron chi connectivity index (χ0n) is 19.7. The van der Waals surface area contributed by atoms with Crippen molar-refractivity contribution in [2.75, 3.05) is 18.5 Å². The summed E-state index contributed by atoms with van der Waals surface area (Å²) < 4.78 is 7.35. The Hall–Kier alpha value is -3.52. The fourth-order valence-corrected chi connectivity index (χ4v) is 4.83. The van der Waals surface area contributed by atoms with Gasteiger partial charge >= 0.3 is 0 Å². The highest BCUT2D eigenvalue weighted by molar-refractivity contribution is 6.10. The van der Waals surface area contributed by atoms with E-state index in [0.29, 0.717) is 40.8 Å². The van der Waals surface area contributed by atoms with Gasteiger partial charge < -0.3 is 15.4 Å². The van der Waals surface area contributed by atoms with Gasteiger partial charge in [0, 0.05) is 31.7 Å². The molecule has 0 radical (unpaired) electrons. The van der Waals surface area contributed by atoms with Crippen molar-refractivity contribution in [1.29, 1.82) is 0 Å². The number of aromatic nitrogens is 2. The average Bonchev–Trinajstić information content (AvgIpc) is 3.37. The van der Waals surface area contributed by atoms with E-state index in [2.05, 4.69) is 10.6 Å². The van der Waals surface area contributed by atoms with Gasteiger partial charge in [-0.15, -0.1) is 0 Å². The Kier molecular flexibility index (Phi) is 6.90. The third kappa shape index (κ3) is 5.12. The highest BCUT2D eigenvalue weighted by Crippen LogP contribution is 2.20. The van der Waals surface area contributed by atoms with Gasteiger partial charge in [0.2, 0.25) is 0 Å². The van der Waals surface area contributed by atoms with E-state index in [9.17, 15) is 14.4 Å². The van der Waals surface area contributed by atoms with E-state index < -0.39 is 0 Å². The fourth-order valence-electron chi connectivity index (χ4n) is 4.83. The molecule has 35 heavy (non-hydrogen) atoms. The Morgan fingerprint density at radius 1 is 1.03 bits per heavy atom. The van der Waals surface area contributed by atoms with Crippen LogP contribution in [0.3, 0.4) is 0 Å². The number of ether oxygens (including phenoxy) is 1. The molecular weight excluding hydrogens is 444 g/mol. The first-order valence-electron chi connectivity index (χ1n) is 12.4. The quantitative estimate of drug-likeness (QED) is 0.587. The number of para-hydroxylation sites is 1. The Morgan fingerprint density at radius 3 is 2.74 bits per heavy atom. The molecule has 2 aromatic carbocycles. The van der Waals surface area contributed by atoms with Crippen LogP contribution in [0.4, 0.5) is 5.69 Å². The monoisotopic (exact) mass is 474 g/mol. The number of fused-ring (bicyclic) bond motifs is 2. The maximum atomic E-state index is 13.1. The first-order valence-corrected chi connectivity index (χ1v) is 12.4. The van der Waals surface area contributed by atoms with E-state index in [1.54, 1.807) is 47.0 Å². The van der Waals surface area contributed by atoms with Crippen molar-refractivity contribution >= 4 is 28.4 Å². The Balaban J connectivity index is 1.36. The molecule has 8 nitrogen and oxygen atoms in total. The van der Waals surface area contributed by atoms with Gasteiger partial charge in [0.15, 0.2) is 0 Å². The summed E-state index contributed by atoms with van der Waals surface area (Å²) >= 11 is 0. The molecule has 0 saturated carbocycles. The van der Waals surface area contributed by atoms with Crippen LogP contribution in [0.1, 0.15) is 65.1 Å². The van der Waals surface area contributed by atoms with E-state index >= 15 is 0 Å². The van der Waals surface area contributed by atoms with Crippen LogP contribution in [-0.2, 0) is 17.7 Å². The van der Waals surface area contributed by atoms with Crippen molar-refractivity contribution in [1.82, 2.24) is 14.9 Å². The molecule has 2 aliphatic heterocycles. The fraction of sp³-hybridized carbons (Fsp3) is 0.407.